The highest BCUT2D eigenvalue weighted by Crippen LogP contribution is 2.41. The third kappa shape index (κ3) is 3.92. The van der Waals surface area contributed by atoms with Gasteiger partial charge in [-0.3, -0.25) is 19.4 Å². The molecule has 1 aliphatic rings. The van der Waals surface area contributed by atoms with E-state index < -0.39 is 17.8 Å². The Morgan fingerprint density at radius 2 is 1.81 bits per heavy atom. The zero-order valence-electron chi connectivity index (χ0n) is 20.3. The minimum atomic E-state index is -2.92. The Morgan fingerprint density at radius 1 is 1.06 bits per heavy atom. The van der Waals surface area contributed by atoms with Crippen molar-refractivity contribution in [3.8, 4) is 11.3 Å². The Hall–Kier alpha value is -3.75. The average Bonchev–Trinajstić information content (AvgIpc) is 3.22. The molecule has 2 atom stereocenters. The fourth-order valence-corrected chi connectivity index (χ4v) is 5.28. The molecule has 0 radical (unpaired) electrons. The van der Waals surface area contributed by atoms with Gasteiger partial charge in [0.25, 0.3) is 12.3 Å². The molecular weight excluding hydrogens is 467 g/mol. The van der Waals surface area contributed by atoms with E-state index in [1.54, 1.807) is 42.3 Å². The summed E-state index contributed by atoms with van der Waals surface area (Å²) >= 11 is 0. The highest BCUT2D eigenvalue weighted by Gasteiger charge is 2.40. The van der Waals surface area contributed by atoms with Gasteiger partial charge < -0.3 is 4.90 Å². The van der Waals surface area contributed by atoms with E-state index >= 15 is 0 Å². The average molecular weight is 494 g/mol. The topological polar surface area (TPSA) is 63.9 Å². The summed E-state index contributed by atoms with van der Waals surface area (Å²) in [5.41, 5.74) is 4.08. The van der Waals surface area contributed by atoms with Gasteiger partial charge in [-0.1, -0.05) is 13.8 Å². The number of hydrogen-bond donors (Lipinski definition) is 0. The minimum Gasteiger partial charge on any atom is -0.327 e. The molecule has 4 aromatic rings. The number of amides is 1. The van der Waals surface area contributed by atoms with E-state index in [9.17, 15) is 18.0 Å². The molecule has 3 heterocycles. The number of aryl methyl sites for hydroxylation is 1. The van der Waals surface area contributed by atoms with E-state index in [0.29, 0.717) is 47.1 Å². The van der Waals surface area contributed by atoms with Crippen molar-refractivity contribution in [2.45, 2.75) is 51.6 Å². The predicted octanol–water partition coefficient (Wildman–Crippen LogP) is 6.04. The first kappa shape index (κ1) is 24.0. The lowest BCUT2D eigenvalue weighted by Crippen LogP contribution is -2.47. The molecule has 2 aromatic heterocycles. The van der Waals surface area contributed by atoms with Crippen LogP contribution in [-0.2, 0) is 13.5 Å². The van der Waals surface area contributed by atoms with Crippen molar-refractivity contribution in [2.24, 2.45) is 7.05 Å². The molecule has 0 saturated heterocycles. The molecular formula is C27H26F3N5O. The van der Waals surface area contributed by atoms with Gasteiger partial charge in [0.1, 0.15) is 5.82 Å². The van der Waals surface area contributed by atoms with Crippen molar-refractivity contribution in [1.29, 1.82) is 0 Å². The SMILES string of the molecule is CCC1Cc2c(nn(C)c2-c2ccc(F)c(C(F)F)c2)C(CC)N1C(=O)c1ccc2nccnc2c1. The molecule has 0 fully saturated rings. The zero-order chi connectivity index (χ0) is 25.6. The van der Waals surface area contributed by atoms with Crippen LogP contribution < -0.4 is 0 Å². The Bertz CT molecular complexity index is 1450. The number of aromatic nitrogens is 4. The van der Waals surface area contributed by atoms with Crippen LogP contribution in [0.4, 0.5) is 13.2 Å². The number of halogens is 3. The van der Waals surface area contributed by atoms with E-state index in [1.165, 1.54) is 12.1 Å². The quantitative estimate of drug-likeness (QED) is 0.340. The molecule has 186 valence electrons. The smallest absolute Gasteiger partial charge is 0.266 e. The van der Waals surface area contributed by atoms with Gasteiger partial charge in [-0.05, 0) is 55.7 Å². The van der Waals surface area contributed by atoms with Crippen molar-refractivity contribution in [2.75, 3.05) is 0 Å². The standard InChI is InChI=1S/C27H26F3N5O/c1-4-17-14-19-24(33-34(3)25(19)15-6-8-20(28)18(12-15)26(29)30)23(5-2)35(17)27(36)16-7-9-21-22(13-16)32-11-10-31-21/h6-13,17,23,26H,4-5,14H2,1-3H3. The van der Waals surface area contributed by atoms with Crippen LogP contribution in [0, 0.1) is 5.82 Å². The molecule has 0 saturated carbocycles. The minimum absolute atomic E-state index is 0.110. The first-order valence-electron chi connectivity index (χ1n) is 12.0. The van der Waals surface area contributed by atoms with Gasteiger partial charge >= 0.3 is 0 Å². The van der Waals surface area contributed by atoms with E-state index in [0.717, 1.165) is 17.3 Å². The monoisotopic (exact) mass is 493 g/mol. The molecule has 1 aliphatic heterocycles. The van der Waals surface area contributed by atoms with Crippen LogP contribution in [-0.4, -0.2) is 36.6 Å². The van der Waals surface area contributed by atoms with Gasteiger partial charge in [-0.2, -0.15) is 5.10 Å². The summed E-state index contributed by atoms with van der Waals surface area (Å²) in [6, 6.07) is 8.69. The van der Waals surface area contributed by atoms with Gasteiger partial charge in [0.05, 0.1) is 34.0 Å². The summed E-state index contributed by atoms with van der Waals surface area (Å²) in [7, 11) is 1.75. The lowest BCUT2D eigenvalue weighted by molar-refractivity contribution is 0.0513. The lowest BCUT2D eigenvalue weighted by atomic mass is 9.87. The molecule has 5 rings (SSSR count). The van der Waals surface area contributed by atoms with E-state index in [2.05, 4.69) is 9.97 Å². The fourth-order valence-electron chi connectivity index (χ4n) is 5.28. The summed E-state index contributed by atoms with van der Waals surface area (Å²) in [6.45, 7) is 4.02. The number of carbonyl (C=O) groups is 1. The summed E-state index contributed by atoms with van der Waals surface area (Å²) < 4.78 is 42.4. The second-order valence-corrected chi connectivity index (χ2v) is 9.04. The van der Waals surface area contributed by atoms with Gasteiger partial charge in [-0.25, -0.2) is 13.2 Å². The molecule has 2 aromatic carbocycles. The van der Waals surface area contributed by atoms with Crippen LogP contribution in [0.1, 0.15) is 66.3 Å². The lowest BCUT2D eigenvalue weighted by Gasteiger charge is -2.41. The largest absolute Gasteiger partial charge is 0.327 e. The molecule has 1 amide bonds. The second kappa shape index (κ2) is 9.37. The number of nitrogens with zero attached hydrogens (tertiary/aromatic N) is 5. The van der Waals surface area contributed by atoms with E-state index in [4.69, 9.17) is 5.10 Å². The van der Waals surface area contributed by atoms with Crippen LogP contribution in [0.3, 0.4) is 0 Å². The van der Waals surface area contributed by atoms with Crippen LogP contribution >= 0.6 is 0 Å². The maximum absolute atomic E-state index is 14.0. The Labute approximate surface area is 206 Å². The molecule has 2 unspecified atom stereocenters. The first-order valence-corrected chi connectivity index (χ1v) is 12.0. The summed E-state index contributed by atoms with van der Waals surface area (Å²) in [6.07, 6.45) is 2.14. The summed E-state index contributed by atoms with van der Waals surface area (Å²) in [4.78, 5) is 24.3. The van der Waals surface area contributed by atoms with Crippen molar-refractivity contribution >= 4 is 16.9 Å². The van der Waals surface area contributed by atoms with Crippen molar-refractivity contribution in [1.82, 2.24) is 24.6 Å². The Balaban J connectivity index is 1.59. The van der Waals surface area contributed by atoms with Crippen molar-refractivity contribution < 1.29 is 18.0 Å². The van der Waals surface area contributed by atoms with Crippen LogP contribution in [0.25, 0.3) is 22.3 Å². The highest BCUT2D eigenvalue weighted by atomic mass is 19.3. The number of hydrogen-bond acceptors (Lipinski definition) is 4. The zero-order valence-corrected chi connectivity index (χ0v) is 20.3. The van der Waals surface area contributed by atoms with Crippen LogP contribution in [0.15, 0.2) is 48.8 Å². The maximum atomic E-state index is 14.0. The molecule has 0 N–H and O–H groups in total. The van der Waals surface area contributed by atoms with Gasteiger partial charge in [0.15, 0.2) is 0 Å². The van der Waals surface area contributed by atoms with Gasteiger partial charge in [-0.15, -0.1) is 0 Å². The maximum Gasteiger partial charge on any atom is 0.266 e. The number of alkyl halides is 2. The Morgan fingerprint density at radius 3 is 2.50 bits per heavy atom. The molecule has 0 bridgehead atoms. The van der Waals surface area contributed by atoms with Crippen molar-refractivity contribution in [3.05, 3.63) is 77.0 Å². The third-order valence-corrected chi connectivity index (χ3v) is 6.97. The number of benzene rings is 2. The third-order valence-electron chi connectivity index (χ3n) is 6.97. The molecule has 6 nitrogen and oxygen atoms in total. The van der Waals surface area contributed by atoms with E-state index in [-0.39, 0.29) is 18.0 Å². The predicted molar refractivity (Wildman–Crippen MR) is 130 cm³/mol. The summed E-state index contributed by atoms with van der Waals surface area (Å²) in [5.74, 6) is -1.04. The number of rotatable bonds is 5. The number of fused-ring (bicyclic) bond motifs is 2. The molecule has 9 heteroatoms. The van der Waals surface area contributed by atoms with Crippen molar-refractivity contribution in [3.63, 3.8) is 0 Å². The van der Waals surface area contributed by atoms with E-state index in [1.807, 2.05) is 18.7 Å². The second-order valence-electron chi connectivity index (χ2n) is 9.04. The molecule has 0 spiro atoms. The fraction of sp³-hybridized carbons (Fsp3) is 0.333. The molecule has 36 heavy (non-hydrogen) atoms. The summed E-state index contributed by atoms with van der Waals surface area (Å²) in [5, 5.41) is 4.74. The highest BCUT2D eigenvalue weighted by molar-refractivity contribution is 5.98. The van der Waals surface area contributed by atoms with Crippen LogP contribution in [0.5, 0.6) is 0 Å². The van der Waals surface area contributed by atoms with Crippen LogP contribution in [0.2, 0.25) is 0 Å². The molecule has 0 aliphatic carbocycles. The van der Waals surface area contributed by atoms with Gasteiger partial charge in [0, 0.05) is 42.2 Å². The van der Waals surface area contributed by atoms with Gasteiger partial charge in [0.2, 0.25) is 0 Å². The Kier molecular flexibility index (Phi) is 6.24. The normalized spacial score (nSPS) is 17.6. The first-order chi connectivity index (χ1) is 17.3. The number of carbonyl (C=O) groups excluding carboxylic acids is 1.